The van der Waals surface area contributed by atoms with Gasteiger partial charge in [0.25, 0.3) is 5.91 Å². The number of aromatic hydroxyl groups is 1. The number of carbonyl (C=O) groups is 3. The number of benzene rings is 1. The fraction of sp³-hybridized carbons (Fsp3) is 0.409. The van der Waals surface area contributed by atoms with Gasteiger partial charge in [-0.15, -0.1) is 0 Å². The number of aliphatic hydroxyl groups is 2. The Morgan fingerprint density at radius 2 is 1.82 bits per heavy atom. The van der Waals surface area contributed by atoms with Gasteiger partial charge in [0, 0.05) is 28.5 Å². The number of primary amides is 1. The number of nitrogens with two attached hydrogens (primary N) is 1. The molecule has 4 rings (SSSR count). The quantitative estimate of drug-likeness (QED) is 0.247. The van der Waals surface area contributed by atoms with Crippen molar-refractivity contribution in [1.82, 2.24) is 4.90 Å². The van der Waals surface area contributed by atoms with Gasteiger partial charge in [0.05, 0.1) is 16.7 Å². The average molecular weight is 517 g/mol. The van der Waals surface area contributed by atoms with Crippen LogP contribution in [0.5, 0.6) is 5.75 Å². The van der Waals surface area contributed by atoms with E-state index in [1.807, 2.05) is 0 Å². The van der Waals surface area contributed by atoms with Gasteiger partial charge in [-0.25, -0.2) is 0 Å². The van der Waals surface area contributed by atoms with Crippen molar-refractivity contribution in [2.24, 2.45) is 17.6 Å². The molecule has 0 aromatic heterocycles. The number of hydrogen-bond acceptors (Lipinski definition) is 9. The van der Waals surface area contributed by atoms with E-state index in [1.165, 1.54) is 32.0 Å². The third-order valence-electron chi connectivity index (χ3n) is 7.03. The van der Waals surface area contributed by atoms with Crippen LogP contribution in [0.1, 0.15) is 29.3 Å². The molecule has 1 amide bonds. The number of Topliss-reactive ketones (excluding diaryl/α,β-unsaturated/α-hetero) is 2. The van der Waals surface area contributed by atoms with Gasteiger partial charge in [0.1, 0.15) is 11.4 Å². The molecule has 12 heteroatoms. The van der Waals surface area contributed by atoms with Crippen LogP contribution in [0, 0.1) is 11.8 Å². The smallest absolute Gasteiger partial charge is 0.874 e. The molecule has 34 heavy (non-hydrogen) atoms. The van der Waals surface area contributed by atoms with Gasteiger partial charge in [0.2, 0.25) is 5.78 Å². The molecule has 0 saturated heterocycles. The second-order valence-electron chi connectivity index (χ2n) is 9.04. The van der Waals surface area contributed by atoms with Gasteiger partial charge in [-0.2, -0.15) is 0 Å². The van der Waals surface area contributed by atoms with E-state index in [9.17, 15) is 39.9 Å². The van der Waals surface area contributed by atoms with Crippen LogP contribution in [-0.4, -0.2) is 101 Å². The summed E-state index contributed by atoms with van der Waals surface area (Å²) >= 11 is 6.24. The van der Waals surface area contributed by atoms with E-state index in [4.69, 9.17) is 17.3 Å². The summed E-state index contributed by atoms with van der Waals surface area (Å²) < 4.78 is 0. The van der Waals surface area contributed by atoms with E-state index >= 15 is 0 Å². The van der Waals surface area contributed by atoms with Crippen LogP contribution in [0.15, 0.2) is 34.8 Å². The molecule has 5 atom stereocenters. The zero-order valence-electron chi connectivity index (χ0n) is 18.6. The monoisotopic (exact) mass is 516 g/mol. The minimum absolute atomic E-state index is 0. The topological polar surface area (TPSA) is 187 Å². The number of likely N-dealkylation sites (N-methyl/N-ethyl adjacent to an activating group) is 1. The largest absolute Gasteiger partial charge is 2.00 e. The van der Waals surface area contributed by atoms with Crippen molar-refractivity contribution < 1.29 is 39.9 Å². The summed E-state index contributed by atoms with van der Waals surface area (Å²) in [6, 6.07) is 1.09. The fourth-order valence-corrected chi connectivity index (χ4v) is 5.88. The Kier molecular flexibility index (Phi) is 6.71. The first kappa shape index (κ1) is 26.9. The van der Waals surface area contributed by atoms with Crippen LogP contribution in [0.3, 0.4) is 0 Å². The third-order valence-corrected chi connectivity index (χ3v) is 7.34. The molecular formula is C22H21CaClN2O8. The van der Waals surface area contributed by atoms with Gasteiger partial charge in [0.15, 0.2) is 5.78 Å². The first-order valence-corrected chi connectivity index (χ1v) is 10.4. The van der Waals surface area contributed by atoms with Crippen LogP contribution in [0.4, 0.5) is 0 Å². The summed E-state index contributed by atoms with van der Waals surface area (Å²) in [4.78, 5) is 39.7. The van der Waals surface area contributed by atoms with Gasteiger partial charge >= 0.3 is 37.7 Å². The van der Waals surface area contributed by atoms with Gasteiger partial charge < -0.3 is 36.2 Å². The molecule has 1 aromatic carbocycles. The van der Waals surface area contributed by atoms with Crippen molar-refractivity contribution in [2.75, 3.05) is 14.1 Å². The molecule has 5 N–H and O–H groups in total. The Balaban J connectivity index is 0.00000324. The van der Waals surface area contributed by atoms with Gasteiger partial charge in [-0.3, -0.25) is 14.4 Å². The fourth-order valence-electron chi connectivity index (χ4n) is 5.54. The van der Waals surface area contributed by atoms with E-state index in [0.717, 1.165) is 6.07 Å². The number of carbonyl (C=O) groups excluding carboxylic acids is 3. The van der Waals surface area contributed by atoms with E-state index in [0.29, 0.717) is 0 Å². The van der Waals surface area contributed by atoms with Crippen molar-refractivity contribution in [3.8, 4) is 5.75 Å². The number of amides is 1. The van der Waals surface area contributed by atoms with E-state index in [2.05, 4.69) is 0 Å². The van der Waals surface area contributed by atoms with Crippen LogP contribution >= 0.6 is 11.6 Å². The van der Waals surface area contributed by atoms with Crippen LogP contribution in [-0.2, 0) is 15.2 Å². The number of hydrogen-bond donors (Lipinski definition) is 4. The second-order valence-corrected chi connectivity index (χ2v) is 9.45. The van der Waals surface area contributed by atoms with Crippen molar-refractivity contribution in [3.63, 3.8) is 0 Å². The Hall–Kier alpha value is -1.66. The Bertz CT molecular complexity index is 1210. The molecule has 0 fully saturated rings. The number of ketones is 2. The van der Waals surface area contributed by atoms with Crippen LogP contribution in [0.25, 0.3) is 0 Å². The molecule has 1 aromatic rings. The predicted octanol–water partition coefficient (Wildman–Crippen LogP) is -2.34. The molecular weight excluding hydrogens is 496 g/mol. The maximum Gasteiger partial charge on any atom is 2.00 e. The summed E-state index contributed by atoms with van der Waals surface area (Å²) in [5, 5.41) is 59.8. The normalized spacial score (nSPS) is 32.7. The zero-order chi connectivity index (χ0) is 24.8. The number of rotatable bonds is 2. The average Bonchev–Trinajstić information content (AvgIpc) is 2.69. The van der Waals surface area contributed by atoms with Crippen molar-refractivity contribution in [2.45, 2.75) is 30.6 Å². The number of nitrogens with zero attached hydrogens (tertiary/aromatic N) is 1. The summed E-state index contributed by atoms with van der Waals surface area (Å²) in [5.74, 6) is -9.39. The summed E-state index contributed by atoms with van der Waals surface area (Å²) in [6.07, 6.45) is -0.339. The summed E-state index contributed by atoms with van der Waals surface area (Å²) in [6.45, 7) is 1.30. The van der Waals surface area contributed by atoms with Crippen molar-refractivity contribution >= 4 is 66.8 Å². The van der Waals surface area contributed by atoms with E-state index in [1.54, 1.807) is 0 Å². The second kappa shape index (κ2) is 8.48. The molecule has 10 nitrogen and oxygen atoms in total. The Morgan fingerprint density at radius 3 is 2.35 bits per heavy atom. The number of halogens is 1. The third kappa shape index (κ3) is 3.27. The maximum absolute atomic E-state index is 13.6. The molecule has 3 aliphatic rings. The zero-order valence-corrected chi connectivity index (χ0v) is 21.6. The van der Waals surface area contributed by atoms with Gasteiger partial charge in [-0.1, -0.05) is 23.1 Å². The predicted molar refractivity (Wildman–Crippen MR) is 115 cm³/mol. The SMILES string of the molecule is CN(C)[C@@H]1C([O-])=C(C(N)=O)C(=O)[C@@]2(O)C([O-])=C3C(=O)c4c(O)ccc(Cl)c4[C@@](C)(O)[C@H]3C[C@@H]12.[Ca+2]. The number of phenolic OH excluding ortho intramolecular Hbond substituents is 1. The number of fused-ring (bicyclic) bond motifs is 3. The number of phenols is 1. The Labute approximate surface area is 229 Å². The standard InChI is InChI=1S/C22H23ClN2O8.Ca/c1-21(32)7-6-8-15(25(2)3)17(28)13(20(24)31)19(30)22(8,33)18(29)11(7)16(27)12-10(26)5-4-9(23)14(12)21;/h4-5,7-8,15,26,28-29,32-33H,6H2,1-3H3,(H2,24,31);/q;+2/p-2/t7-,8-,15-,21-,22-;/m0./s1. The molecule has 0 bridgehead atoms. The summed E-state index contributed by atoms with van der Waals surface area (Å²) in [7, 11) is 2.91. The first-order chi connectivity index (χ1) is 15.2. The molecule has 0 unspecified atom stereocenters. The molecule has 0 saturated carbocycles. The molecule has 0 spiro atoms. The van der Waals surface area contributed by atoms with E-state index < -0.39 is 80.5 Å². The van der Waals surface area contributed by atoms with Crippen LogP contribution in [0.2, 0.25) is 5.02 Å². The summed E-state index contributed by atoms with van der Waals surface area (Å²) in [5.41, 5.74) is -1.86. The molecule has 0 heterocycles. The van der Waals surface area contributed by atoms with E-state index in [-0.39, 0.29) is 54.7 Å². The molecule has 176 valence electrons. The molecule has 3 aliphatic carbocycles. The Morgan fingerprint density at radius 1 is 1.24 bits per heavy atom. The van der Waals surface area contributed by atoms with Crippen LogP contribution < -0.4 is 15.9 Å². The minimum Gasteiger partial charge on any atom is -0.874 e. The molecule has 0 aliphatic heterocycles. The van der Waals surface area contributed by atoms with Crippen molar-refractivity contribution in [1.29, 1.82) is 0 Å². The van der Waals surface area contributed by atoms with Crippen molar-refractivity contribution in [3.05, 3.63) is 50.9 Å². The minimum atomic E-state index is -2.93. The van der Waals surface area contributed by atoms with Gasteiger partial charge in [-0.05, 0) is 45.1 Å². The molecule has 0 radical (unpaired) electrons. The first-order valence-electron chi connectivity index (χ1n) is 10.0. The maximum atomic E-state index is 13.6.